The lowest BCUT2D eigenvalue weighted by Crippen LogP contribution is -2.34. The summed E-state index contributed by atoms with van der Waals surface area (Å²) in [6, 6.07) is 19.0. The Bertz CT molecular complexity index is 1000. The quantitative estimate of drug-likeness (QED) is 0.485. The highest BCUT2D eigenvalue weighted by Crippen LogP contribution is 2.22. The first-order valence-corrected chi connectivity index (χ1v) is 8.91. The molecule has 0 aliphatic carbocycles. The minimum absolute atomic E-state index is 0.244. The second-order valence-electron chi connectivity index (χ2n) is 6.27. The summed E-state index contributed by atoms with van der Waals surface area (Å²) in [5.74, 6) is 1.08. The van der Waals surface area contributed by atoms with Gasteiger partial charge >= 0.3 is 0 Å². The zero-order valence-electron chi connectivity index (χ0n) is 16.1. The van der Waals surface area contributed by atoms with Gasteiger partial charge in [0.25, 0.3) is 5.91 Å². The summed E-state index contributed by atoms with van der Waals surface area (Å²) in [5.41, 5.74) is 4.13. The molecule has 2 N–H and O–H groups in total. The summed E-state index contributed by atoms with van der Waals surface area (Å²) in [4.78, 5) is 12.3. The molecule has 1 amide bonds. The summed E-state index contributed by atoms with van der Waals surface area (Å²) in [6.45, 7) is 1.78. The normalized spacial score (nSPS) is 12.0. The number of nitrogens with zero attached hydrogens (tertiary/aromatic N) is 1. The Labute approximate surface area is 164 Å². The molecule has 0 saturated carbocycles. The van der Waals surface area contributed by atoms with Crippen molar-refractivity contribution in [2.45, 2.75) is 13.0 Å². The van der Waals surface area contributed by atoms with Crippen LogP contribution in [0.3, 0.4) is 0 Å². The number of rotatable bonds is 7. The SMILES string of the molecule is COc1ccc(OC)c(/C=N\NC(=O)[C@@H](C)Nc2ccc3ccccc3c2)c1. The van der Waals surface area contributed by atoms with Gasteiger partial charge in [-0.25, -0.2) is 5.43 Å². The monoisotopic (exact) mass is 377 g/mol. The van der Waals surface area contributed by atoms with Crippen LogP contribution in [-0.2, 0) is 4.79 Å². The predicted octanol–water partition coefficient (Wildman–Crippen LogP) is 3.81. The molecule has 3 aromatic rings. The fraction of sp³-hybridized carbons (Fsp3) is 0.182. The number of hydrazone groups is 1. The minimum Gasteiger partial charge on any atom is -0.497 e. The fourth-order valence-electron chi connectivity index (χ4n) is 2.80. The molecule has 0 unspecified atom stereocenters. The van der Waals surface area contributed by atoms with Crippen molar-refractivity contribution in [2.24, 2.45) is 5.10 Å². The third-order valence-electron chi connectivity index (χ3n) is 4.34. The number of methoxy groups -OCH3 is 2. The molecule has 3 aromatic carbocycles. The lowest BCUT2D eigenvalue weighted by molar-refractivity contribution is -0.121. The molecule has 0 spiro atoms. The van der Waals surface area contributed by atoms with Crippen LogP contribution in [0.4, 0.5) is 5.69 Å². The number of fused-ring (bicyclic) bond motifs is 1. The van der Waals surface area contributed by atoms with Crippen LogP contribution in [0.1, 0.15) is 12.5 Å². The summed E-state index contributed by atoms with van der Waals surface area (Å²) < 4.78 is 10.5. The number of ether oxygens (including phenoxy) is 2. The van der Waals surface area contributed by atoms with Crippen molar-refractivity contribution < 1.29 is 14.3 Å². The fourth-order valence-corrected chi connectivity index (χ4v) is 2.80. The molecule has 0 aromatic heterocycles. The molecule has 0 radical (unpaired) electrons. The molecule has 144 valence electrons. The van der Waals surface area contributed by atoms with Gasteiger partial charge in [0.1, 0.15) is 17.5 Å². The van der Waals surface area contributed by atoms with Crippen LogP contribution in [0.5, 0.6) is 11.5 Å². The third kappa shape index (κ3) is 4.59. The van der Waals surface area contributed by atoms with Crippen LogP contribution < -0.4 is 20.2 Å². The zero-order chi connectivity index (χ0) is 19.9. The van der Waals surface area contributed by atoms with Gasteiger partial charge in [-0.1, -0.05) is 30.3 Å². The van der Waals surface area contributed by atoms with E-state index in [2.05, 4.69) is 21.9 Å². The van der Waals surface area contributed by atoms with Crippen molar-refractivity contribution in [1.82, 2.24) is 5.43 Å². The largest absolute Gasteiger partial charge is 0.497 e. The highest BCUT2D eigenvalue weighted by atomic mass is 16.5. The van der Waals surface area contributed by atoms with Gasteiger partial charge in [0.15, 0.2) is 0 Å². The second-order valence-corrected chi connectivity index (χ2v) is 6.27. The first kappa shape index (κ1) is 19.2. The first-order valence-electron chi connectivity index (χ1n) is 8.91. The van der Waals surface area contributed by atoms with Crippen molar-refractivity contribution in [3.8, 4) is 11.5 Å². The number of hydrogen-bond donors (Lipinski definition) is 2. The summed E-state index contributed by atoms with van der Waals surface area (Å²) >= 11 is 0. The number of anilines is 1. The Hall–Kier alpha value is -3.54. The number of hydrogen-bond acceptors (Lipinski definition) is 5. The lowest BCUT2D eigenvalue weighted by atomic mass is 10.1. The van der Waals surface area contributed by atoms with Crippen molar-refractivity contribution in [2.75, 3.05) is 19.5 Å². The maximum absolute atomic E-state index is 12.3. The highest BCUT2D eigenvalue weighted by molar-refractivity contribution is 5.89. The Balaban J connectivity index is 1.63. The van der Waals surface area contributed by atoms with Crippen LogP contribution >= 0.6 is 0 Å². The van der Waals surface area contributed by atoms with Crippen LogP contribution in [0, 0.1) is 0 Å². The topological polar surface area (TPSA) is 72.0 Å². The van der Waals surface area contributed by atoms with E-state index in [1.165, 1.54) is 6.21 Å². The van der Waals surface area contributed by atoms with E-state index in [0.29, 0.717) is 17.1 Å². The van der Waals surface area contributed by atoms with E-state index >= 15 is 0 Å². The molecule has 0 saturated heterocycles. The van der Waals surface area contributed by atoms with E-state index < -0.39 is 6.04 Å². The standard InChI is InChI=1S/C22H23N3O3/c1-15(24-19-9-8-16-6-4-5-7-17(16)12-19)22(26)25-23-14-18-13-20(27-2)10-11-21(18)28-3/h4-15,24H,1-3H3,(H,25,26)/b23-14-/t15-/m1/s1. The molecular weight excluding hydrogens is 354 g/mol. The molecule has 0 aliphatic heterocycles. The van der Waals surface area contributed by atoms with Gasteiger partial charge in [0, 0.05) is 11.3 Å². The minimum atomic E-state index is -0.453. The maximum atomic E-state index is 12.3. The van der Waals surface area contributed by atoms with E-state index in [0.717, 1.165) is 16.5 Å². The molecule has 0 fully saturated rings. The number of amides is 1. The molecule has 6 heteroatoms. The maximum Gasteiger partial charge on any atom is 0.262 e. The van der Waals surface area contributed by atoms with Crippen LogP contribution in [0.15, 0.2) is 65.8 Å². The van der Waals surface area contributed by atoms with Gasteiger partial charge in [-0.2, -0.15) is 5.10 Å². The summed E-state index contributed by atoms with van der Waals surface area (Å²) in [7, 11) is 3.16. The molecule has 0 aliphatic rings. The van der Waals surface area contributed by atoms with Crippen LogP contribution in [-0.4, -0.2) is 32.4 Å². The van der Waals surface area contributed by atoms with Gasteiger partial charge in [-0.15, -0.1) is 0 Å². The van der Waals surface area contributed by atoms with Gasteiger partial charge < -0.3 is 14.8 Å². The van der Waals surface area contributed by atoms with Crippen molar-refractivity contribution in [3.05, 3.63) is 66.2 Å². The first-order chi connectivity index (χ1) is 13.6. The molecular formula is C22H23N3O3. The summed E-state index contributed by atoms with van der Waals surface area (Å²) in [5, 5.41) is 9.50. The smallest absolute Gasteiger partial charge is 0.262 e. The van der Waals surface area contributed by atoms with Crippen molar-refractivity contribution >= 4 is 28.6 Å². The molecule has 0 bridgehead atoms. The summed E-state index contributed by atoms with van der Waals surface area (Å²) in [6.07, 6.45) is 1.53. The van der Waals surface area contributed by atoms with Crippen LogP contribution in [0.25, 0.3) is 10.8 Å². The Morgan fingerprint density at radius 3 is 2.54 bits per heavy atom. The van der Waals surface area contributed by atoms with Gasteiger partial charge in [0.05, 0.1) is 20.4 Å². The molecule has 28 heavy (non-hydrogen) atoms. The molecule has 6 nitrogen and oxygen atoms in total. The number of nitrogens with one attached hydrogen (secondary N) is 2. The average Bonchev–Trinajstić information content (AvgIpc) is 2.73. The second kappa shape index (κ2) is 8.90. The Morgan fingerprint density at radius 2 is 1.79 bits per heavy atom. The Kier molecular flexibility index (Phi) is 6.11. The molecule has 0 heterocycles. The van der Waals surface area contributed by atoms with Crippen molar-refractivity contribution in [1.29, 1.82) is 0 Å². The van der Waals surface area contributed by atoms with Crippen LogP contribution in [0.2, 0.25) is 0 Å². The van der Waals surface area contributed by atoms with Crippen molar-refractivity contribution in [3.63, 3.8) is 0 Å². The van der Waals surface area contributed by atoms with Gasteiger partial charge in [-0.3, -0.25) is 4.79 Å². The van der Waals surface area contributed by atoms with E-state index in [9.17, 15) is 4.79 Å². The predicted molar refractivity (Wildman–Crippen MR) is 112 cm³/mol. The Morgan fingerprint density at radius 1 is 1.00 bits per heavy atom. The van der Waals surface area contributed by atoms with E-state index in [1.54, 1.807) is 39.3 Å². The average molecular weight is 377 g/mol. The molecule has 1 atom stereocenters. The number of benzene rings is 3. The third-order valence-corrected chi connectivity index (χ3v) is 4.34. The lowest BCUT2D eigenvalue weighted by Gasteiger charge is -2.14. The molecule has 3 rings (SSSR count). The van der Waals surface area contributed by atoms with E-state index in [1.807, 2.05) is 36.4 Å². The van der Waals surface area contributed by atoms with Gasteiger partial charge in [-0.05, 0) is 48.0 Å². The van der Waals surface area contributed by atoms with E-state index in [-0.39, 0.29) is 5.91 Å². The van der Waals surface area contributed by atoms with Gasteiger partial charge in [0.2, 0.25) is 0 Å². The highest BCUT2D eigenvalue weighted by Gasteiger charge is 2.12. The number of carbonyl (C=O) groups is 1. The van der Waals surface area contributed by atoms with E-state index in [4.69, 9.17) is 9.47 Å². The zero-order valence-corrected chi connectivity index (χ0v) is 16.1. The number of carbonyl (C=O) groups excluding carboxylic acids is 1.